The van der Waals surface area contributed by atoms with E-state index < -0.39 is 6.04 Å². The molecule has 4 rings (SSSR count). The Morgan fingerprint density at radius 3 is 2.16 bits per heavy atom. The number of oxazole rings is 1. The number of carbonyl (C=O) groups excluding carboxylic acids is 1. The first-order chi connectivity index (χ1) is 15.1. The number of nitrogens with zero attached hydrogens (tertiary/aromatic N) is 1. The molecule has 31 heavy (non-hydrogen) atoms. The highest BCUT2D eigenvalue weighted by atomic mass is 16.3. The normalized spacial score (nSPS) is 11.8. The first kappa shape index (κ1) is 20.4. The zero-order valence-electron chi connectivity index (χ0n) is 17.0. The summed E-state index contributed by atoms with van der Waals surface area (Å²) in [6, 6.07) is 24.6. The predicted octanol–water partition coefficient (Wildman–Crippen LogP) is 4.34. The number of hydrogen-bond donors (Lipinski definition) is 3. The van der Waals surface area contributed by atoms with Crippen molar-refractivity contribution in [2.24, 2.45) is 5.73 Å². The lowest BCUT2D eigenvalue weighted by Crippen LogP contribution is -2.15. The first-order valence-electron chi connectivity index (χ1n) is 10.1. The maximum Gasteiger partial charge on any atom is 0.277 e. The summed E-state index contributed by atoms with van der Waals surface area (Å²) >= 11 is 0. The molecule has 0 aliphatic heterocycles. The molecule has 1 heterocycles. The number of nitrogens with two attached hydrogens (primary N) is 2. The SMILES string of the molecule is Nc1ccc(CCc2ccc(NC(=O)c3coc(C(N)c4ccccc4)n3)cc2)cc1. The van der Waals surface area contributed by atoms with Crippen LogP contribution in [0.4, 0.5) is 11.4 Å². The Morgan fingerprint density at radius 2 is 1.52 bits per heavy atom. The van der Waals surface area contributed by atoms with Gasteiger partial charge in [0.1, 0.15) is 12.3 Å². The Labute approximate surface area is 180 Å². The van der Waals surface area contributed by atoms with Gasteiger partial charge in [-0.3, -0.25) is 4.79 Å². The zero-order valence-corrected chi connectivity index (χ0v) is 17.0. The van der Waals surface area contributed by atoms with Crippen LogP contribution < -0.4 is 16.8 Å². The number of amides is 1. The monoisotopic (exact) mass is 412 g/mol. The predicted molar refractivity (Wildman–Crippen MR) is 122 cm³/mol. The van der Waals surface area contributed by atoms with Crippen molar-refractivity contribution in [3.63, 3.8) is 0 Å². The van der Waals surface area contributed by atoms with Crippen LogP contribution in [0.3, 0.4) is 0 Å². The van der Waals surface area contributed by atoms with E-state index in [9.17, 15) is 4.79 Å². The summed E-state index contributed by atoms with van der Waals surface area (Å²) in [4.78, 5) is 16.8. The summed E-state index contributed by atoms with van der Waals surface area (Å²) < 4.78 is 5.44. The second-order valence-corrected chi connectivity index (χ2v) is 7.35. The van der Waals surface area contributed by atoms with Crippen molar-refractivity contribution < 1.29 is 9.21 Å². The number of nitrogens with one attached hydrogen (secondary N) is 1. The lowest BCUT2D eigenvalue weighted by molar-refractivity contribution is 0.102. The number of carbonyl (C=O) groups is 1. The topological polar surface area (TPSA) is 107 Å². The molecule has 0 saturated heterocycles. The smallest absolute Gasteiger partial charge is 0.277 e. The largest absolute Gasteiger partial charge is 0.446 e. The Kier molecular flexibility index (Phi) is 6.10. The molecule has 0 bridgehead atoms. The van der Waals surface area contributed by atoms with E-state index in [0.29, 0.717) is 11.6 Å². The molecule has 1 aromatic heterocycles. The van der Waals surface area contributed by atoms with Crippen LogP contribution in [-0.4, -0.2) is 10.9 Å². The lowest BCUT2D eigenvalue weighted by atomic mass is 10.0. The number of rotatable bonds is 7. The van der Waals surface area contributed by atoms with E-state index in [4.69, 9.17) is 15.9 Å². The summed E-state index contributed by atoms with van der Waals surface area (Å²) in [5, 5.41) is 2.84. The van der Waals surface area contributed by atoms with Crippen LogP contribution in [-0.2, 0) is 12.8 Å². The number of hydrogen-bond acceptors (Lipinski definition) is 5. The molecule has 0 radical (unpaired) electrons. The molecule has 0 saturated carbocycles. The maximum atomic E-state index is 12.5. The summed E-state index contributed by atoms with van der Waals surface area (Å²) in [7, 11) is 0. The van der Waals surface area contributed by atoms with Crippen molar-refractivity contribution in [2.75, 3.05) is 11.1 Å². The molecular weight excluding hydrogens is 388 g/mol. The Hall–Kier alpha value is -3.90. The molecule has 0 aliphatic rings. The molecule has 5 N–H and O–H groups in total. The van der Waals surface area contributed by atoms with E-state index in [2.05, 4.69) is 10.3 Å². The summed E-state index contributed by atoms with van der Waals surface area (Å²) in [6.45, 7) is 0. The molecule has 6 nitrogen and oxygen atoms in total. The number of nitrogen functional groups attached to an aromatic ring is 1. The van der Waals surface area contributed by atoms with Crippen LogP contribution in [0.2, 0.25) is 0 Å². The minimum Gasteiger partial charge on any atom is -0.446 e. The molecule has 3 aromatic carbocycles. The van der Waals surface area contributed by atoms with Gasteiger partial charge in [0, 0.05) is 11.4 Å². The van der Waals surface area contributed by atoms with E-state index in [1.54, 1.807) is 0 Å². The second kappa shape index (κ2) is 9.28. The van der Waals surface area contributed by atoms with Crippen LogP contribution in [0.15, 0.2) is 89.5 Å². The van der Waals surface area contributed by atoms with Crippen molar-refractivity contribution in [1.29, 1.82) is 0 Å². The molecule has 0 fully saturated rings. The molecule has 4 aromatic rings. The number of aromatic nitrogens is 1. The average molecular weight is 412 g/mol. The van der Waals surface area contributed by atoms with Crippen LogP contribution in [0.25, 0.3) is 0 Å². The zero-order chi connectivity index (χ0) is 21.6. The highest BCUT2D eigenvalue weighted by molar-refractivity contribution is 6.02. The fraction of sp³-hybridized carbons (Fsp3) is 0.120. The van der Waals surface area contributed by atoms with Gasteiger partial charge in [-0.25, -0.2) is 4.98 Å². The molecule has 1 amide bonds. The molecule has 6 heteroatoms. The molecular formula is C25H24N4O2. The van der Waals surface area contributed by atoms with Gasteiger partial charge in [0.25, 0.3) is 5.91 Å². The van der Waals surface area contributed by atoms with Gasteiger partial charge < -0.3 is 21.2 Å². The highest BCUT2D eigenvalue weighted by Crippen LogP contribution is 2.19. The van der Waals surface area contributed by atoms with Gasteiger partial charge in [-0.15, -0.1) is 0 Å². The van der Waals surface area contributed by atoms with Crippen LogP contribution in [0.1, 0.15) is 39.1 Å². The molecule has 1 atom stereocenters. The molecule has 0 spiro atoms. The van der Waals surface area contributed by atoms with Crippen molar-refractivity contribution in [3.8, 4) is 0 Å². The maximum absolute atomic E-state index is 12.5. The van der Waals surface area contributed by atoms with Crippen LogP contribution >= 0.6 is 0 Å². The lowest BCUT2D eigenvalue weighted by Gasteiger charge is -2.07. The van der Waals surface area contributed by atoms with E-state index in [1.807, 2.05) is 78.9 Å². The number of benzene rings is 3. The summed E-state index contributed by atoms with van der Waals surface area (Å²) in [5.74, 6) is -0.0424. The standard InChI is InChI=1S/C25H24N4O2/c26-20-12-8-17(9-13-20)6-7-18-10-14-21(15-11-18)28-24(30)22-16-31-25(29-22)23(27)19-4-2-1-3-5-19/h1-5,8-16,23H,6-7,26-27H2,(H,28,30). The van der Waals surface area contributed by atoms with Gasteiger partial charge in [0.05, 0.1) is 0 Å². The number of anilines is 2. The van der Waals surface area contributed by atoms with Crippen molar-refractivity contribution in [3.05, 3.63) is 113 Å². The van der Waals surface area contributed by atoms with Gasteiger partial charge in [0.15, 0.2) is 5.69 Å². The third kappa shape index (κ3) is 5.18. The average Bonchev–Trinajstić information content (AvgIpc) is 3.30. The summed E-state index contributed by atoms with van der Waals surface area (Å²) in [6.07, 6.45) is 3.16. The van der Waals surface area contributed by atoms with Crippen molar-refractivity contribution in [1.82, 2.24) is 4.98 Å². The number of aryl methyl sites for hydroxylation is 2. The Morgan fingerprint density at radius 1 is 0.903 bits per heavy atom. The third-order valence-electron chi connectivity index (χ3n) is 5.07. The van der Waals surface area contributed by atoms with Crippen molar-refractivity contribution >= 4 is 17.3 Å². The van der Waals surface area contributed by atoms with Gasteiger partial charge in [-0.1, -0.05) is 54.6 Å². The molecule has 0 aliphatic carbocycles. The fourth-order valence-electron chi connectivity index (χ4n) is 3.26. The Bertz CT molecular complexity index is 1140. The quantitative estimate of drug-likeness (QED) is 0.391. The summed E-state index contributed by atoms with van der Waals surface area (Å²) in [5.41, 5.74) is 16.8. The Balaban J connectivity index is 1.34. The van der Waals surface area contributed by atoms with E-state index in [1.165, 1.54) is 17.4 Å². The third-order valence-corrected chi connectivity index (χ3v) is 5.07. The molecule has 156 valence electrons. The van der Waals surface area contributed by atoms with Crippen molar-refractivity contribution in [2.45, 2.75) is 18.9 Å². The van der Waals surface area contributed by atoms with Gasteiger partial charge in [0.2, 0.25) is 5.89 Å². The van der Waals surface area contributed by atoms with E-state index in [-0.39, 0.29) is 11.6 Å². The van der Waals surface area contributed by atoms with Crippen LogP contribution in [0.5, 0.6) is 0 Å². The highest BCUT2D eigenvalue weighted by Gasteiger charge is 2.18. The van der Waals surface area contributed by atoms with E-state index >= 15 is 0 Å². The minimum atomic E-state index is -0.525. The fourth-order valence-corrected chi connectivity index (χ4v) is 3.26. The molecule has 1 unspecified atom stereocenters. The second-order valence-electron chi connectivity index (χ2n) is 7.35. The minimum absolute atomic E-state index is 0.189. The van der Waals surface area contributed by atoms with Gasteiger partial charge >= 0.3 is 0 Å². The van der Waals surface area contributed by atoms with Gasteiger partial charge in [-0.05, 0) is 53.8 Å². The van der Waals surface area contributed by atoms with E-state index in [0.717, 1.165) is 24.1 Å². The van der Waals surface area contributed by atoms with Crippen LogP contribution in [0, 0.1) is 0 Å². The van der Waals surface area contributed by atoms with Gasteiger partial charge in [-0.2, -0.15) is 0 Å². The first-order valence-corrected chi connectivity index (χ1v) is 10.1.